The van der Waals surface area contributed by atoms with Crippen LogP contribution in [-0.2, 0) is 9.53 Å². The Morgan fingerprint density at radius 2 is 2.05 bits per heavy atom. The lowest BCUT2D eigenvalue weighted by Gasteiger charge is -2.21. The average Bonchev–Trinajstić information content (AvgIpc) is 2.96. The van der Waals surface area contributed by atoms with E-state index in [1.54, 1.807) is 0 Å². The van der Waals surface area contributed by atoms with E-state index >= 15 is 0 Å². The minimum Gasteiger partial charge on any atom is -0.360 e. The number of rotatable bonds is 5. The molecule has 1 aliphatic carbocycles. The first-order valence-electron chi connectivity index (χ1n) is 6.73. The molecule has 1 saturated carbocycles. The maximum Gasteiger partial charge on any atom is 0.254 e. The van der Waals surface area contributed by atoms with Crippen LogP contribution >= 0.6 is 0 Å². The summed E-state index contributed by atoms with van der Waals surface area (Å²) in [4.78, 5) is 12.2. The summed E-state index contributed by atoms with van der Waals surface area (Å²) in [5, 5.41) is 2.70. The molecule has 0 bridgehead atoms. The van der Waals surface area contributed by atoms with Crippen molar-refractivity contribution in [2.24, 2.45) is 0 Å². The molecule has 0 heterocycles. The van der Waals surface area contributed by atoms with E-state index in [-0.39, 0.29) is 18.6 Å². The van der Waals surface area contributed by atoms with E-state index in [9.17, 15) is 4.79 Å². The zero-order valence-corrected chi connectivity index (χ0v) is 11.0. The van der Waals surface area contributed by atoms with Crippen LogP contribution in [0, 0.1) is 12.3 Å². The van der Waals surface area contributed by atoms with E-state index < -0.39 is 6.10 Å². The molecule has 100 valence electrons. The summed E-state index contributed by atoms with van der Waals surface area (Å²) in [7, 11) is 0. The van der Waals surface area contributed by atoms with Gasteiger partial charge in [0.05, 0.1) is 12.6 Å². The molecule has 1 aliphatic rings. The van der Waals surface area contributed by atoms with Crippen molar-refractivity contribution >= 4 is 5.91 Å². The minimum atomic E-state index is -0.558. The van der Waals surface area contributed by atoms with Gasteiger partial charge in [0.25, 0.3) is 5.91 Å². The Hall–Kier alpha value is -1.79. The summed E-state index contributed by atoms with van der Waals surface area (Å²) in [6.07, 6.45) is 9.22. The maximum absolute atomic E-state index is 12.2. The molecule has 0 radical (unpaired) electrons. The Kier molecular flexibility index (Phi) is 5.00. The van der Waals surface area contributed by atoms with Crippen LogP contribution in [0.2, 0.25) is 0 Å². The number of nitrogens with one attached hydrogen (secondary N) is 1. The van der Waals surface area contributed by atoms with Crippen molar-refractivity contribution in [1.82, 2.24) is 5.32 Å². The maximum atomic E-state index is 12.2. The van der Waals surface area contributed by atoms with Crippen LogP contribution < -0.4 is 5.32 Å². The third-order valence-corrected chi connectivity index (χ3v) is 3.34. The molecule has 0 aromatic heterocycles. The molecule has 0 spiro atoms. The van der Waals surface area contributed by atoms with E-state index in [4.69, 9.17) is 11.2 Å². The molecule has 1 unspecified atom stereocenters. The van der Waals surface area contributed by atoms with Gasteiger partial charge in [0, 0.05) is 0 Å². The Morgan fingerprint density at radius 3 is 2.68 bits per heavy atom. The predicted molar refractivity (Wildman–Crippen MR) is 74.4 cm³/mol. The smallest absolute Gasteiger partial charge is 0.254 e. The first-order valence-corrected chi connectivity index (χ1v) is 6.73. The van der Waals surface area contributed by atoms with Gasteiger partial charge in [-0.1, -0.05) is 49.1 Å². The van der Waals surface area contributed by atoms with Gasteiger partial charge in [-0.2, -0.15) is 0 Å². The number of carbonyl (C=O) groups excluding carboxylic acids is 1. The summed E-state index contributed by atoms with van der Waals surface area (Å²) in [6, 6.07) is 9.57. The molecule has 1 aromatic rings. The van der Waals surface area contributed by atoms with Crippen molar-refractivity contribution in [2.45, 2.75) is 37.9 Å². The van der Waals surface area contributed by atoms with E-state index in [0.717, 1.165) is 18.4 Å². The largest absolute Gasteiger partial charge is 0.360 e. The van der Waals surface area contributed by atoms with E-state index in [1.807, 2.05) is 30.3 Å². The number of ether oxygens (including phenoxy) is 1. The fourth-order valence-corrected chi connectivity index (χ4v) is 2.37. The van der Waals surface area contributed by atoms with Crippen molar-refractivity contribution in [3.05, 3.63) is 35.9 Å². The number of hydrogen-bond acceptors (Lipinski definition) is 2. The quantitative estimate of drug-likeness (QED) is 0.823. The fraction of sp³-hybridized carbons (Fsp3) is 0.438. The first-order chi connectivity index (χ1) is 9.31. The lowest BCUT2D eigenvalue weighted by molar-refractivity contribution is -0.136. The molecular weight excluding hydrogens is 238 g/mol. The summed E-state index contributed by atoms with van der Waals surface area (Å²) >= 11 is 0. The number of hydrogen-bond donors (Lipinski definition) is 1. The molecule has 2 rings (SSSR count). The number of benzene rings is 1. The second-order valence-electron chi connectivity index (χ2n) is 4.76. The second-order valence-corrected chi connectivity index (χ2v) is 4.76. The normalized spacial score (nSPS) is 16.8. The van der Waals surface area contributed by atoms with Crippen molar-refractivity contribution in [3.63, 3.8) is 0 Å². The first kappa shape index (κ1) is 13.6. The van der Waals surface area contributed by atoms with Gasteiger partial charge in [0.1, 0.15) is 0 Å². The highest BCUT2D eigenvalue weighted by molar-refractivity contribution is 5.82. The van der Waals surface area contributed by atoms with E-state index in [1.165, 1.54) is 12.8 Å². The SMILES string of the molecule is C#CCNC(=O)C(OC1CCCC1)c1ccccc1. The number of terminal acetylenes is 1. The van der Waals surface area contributed by atoms with Crippen molar-refractivity contribution < 1.29 is 9.53 Å². The zero-order valence-electron chi connectivity index (χ0n) is 11.0. The number of amides is 1. The van der Waals surface area contributed by atoms with Crippen LogP contribution in [0.15, 0.2) is 30.3 Å². The Balaban J connectivity index is 2.08. The van der Waals surface area contributed by atoms with Gasteiger partial charge in [-0.05, 0) is 18.4 Å². The van der Waals surface area contributed by atoms with Gasteiger partial charge < -0.3 is 10.1 Å². The highest BCUT2D eigenvalue weighted by Crippen LogP contribution is 2.27. The minimum absolute atomic E-state index is 0.156. The van der Waals surface area contributed by atoms with E-state index in [0.29, 0.717) is 0 Å². The molecule has 1 fully saturated rings. The summed E-state index contributed by atoms with van der Waals surface area (Å²) in [6.45, 7) is 0.232. The molecular formula is C16H19NO2. The summed E-state index contributed by atoms with van der Waals surface area (Å²) in [5.74, 6) is 2.25. The van der Waals surface area contributed by atoms with Gasteiger partial charge in [0.15, 0.2) is 6.10 Å². The topological polar surface area (TPSA) is 38.3 Å². The molecule has 1 N–H and O–H groups in total. The highest BCUT2D eigenvalue weighted by atomic mass is 16.5. The molecule has 3 heteroatoms. The lowest BCUT2D eigenvalue weighted by Crippen LogP contribution is -2.32. The van der Waals surface area contributed by atoms with Crippen molar-refractivity contribution in [3.8, 4) is 12.3 Å². The van der Waals surface area contributed by atoms with Crippen molar-refractivity contribution in [1.29, 1.82) is 0 Å². The second kappa shape index (κ2) is 6.96. The van der Waals surface area contributed by atoms with E-state index in [2.05, 4.69) is 11.2 Å². The third kappa shape index (κ3) is 3.84. The fourth-order valence-electron chi connectivity index (χ4n) is 2.37. The Bertz CT molecular complexity index is 444. The average molecular weight is 257 g/mol. The van der Waals surface area contributed by atoms with Crippen LogP contribution in [0.4, 0.5) is 0 Å². The highest BCUT2D eigenvalue weighted by Gasteiger charge is 2.26. The number of carbonyl (C=O) groups is 1. The Labute approximate surface area is 114 Å². The standard InChI is InChI=1S/C16H19NO2/c1-2-12-17-16(18)15(13-8-4-3-5-9-13)19-14-10-6-7-11-14/h1,3-5,8-9,14-15H,6-7,10-12H2,(H,17,18). The molecule has 3 nitrogen and oxygen atoms in total. The van der Waals surface area contributed by atoms with Crippen LogP contribution in [-0.4, -0.2) is 18.6 Å². The lowest BCUT2D eigenvalue weighted by atomic mass is 10.1. The van der Waals surface area contributed by atoms with Crippen LogP contribution in [0.5, 0.6) is 0 Å². The zero-order chi connectivity index (χ0) is 13.5. The summed E-state index contributed by atoms with van der Waals surface area (Å²) < 4.78 is 5.98. The van der Waals surface area contributed by atoms with Crippen molar-refractivity contribution in [2.75, 3.05) is 6.54 Å². The molecule has 19 heavy (non-hydrogen) atoms. The van der Waals surface area contributed by atoms with Gasteiger partial charge >= 0.3 is 0 Å². The van der Waals surface area contributed by atoms with Gasteiger partial charge in [-0.3, -0.25) is 4.79 Å². The van der Waals surface area contributed by atoms with Crippen LogP contribution in [0.3, 0.4) is 0 Å². The van der Waals surface area contributed by atoms with Gasteiger partial charge in [-0.25, -0.2) is 0 Å². The monoisotopic (exact) mass is 257 g/mol. The molecule has 0 saturated heterocycles. The third-order valence-electron chi connectivity index (χ3n) is 3.34. The van der Waals surface area contributed by atoms with Crippen LogP contribution in [0.1, 0.15) is 37.4 Å². The summed E-state index contributed by atoms with van der Waals surface area (Å²) in [5.41, 5.74) is 0.879. The molecule has 1 aromatic carbocycles. The Morgan fingerprint density at radius 1 is 1.37 bits per heavy atom. The molecule has 1 amide bonds. The van der Waals surface area contributed by atoms with Crippen LogP contribution in [0.25, 0.3) is 0 Å². The molecule has 0 aliphatic heterocycles. The molecule has 1 atom stereocenters. The van der Waals surface area contributed by atoms with Gasteiger partial charge in [0.2, 0.25) is 0 Å². The van der Waals surface area contributed by atoms with Gasteiger partial charge in [-0.15, -0.1) is 6.42 Å². The predicted octanol–water partition coefficient (Wildman–Crippen LogP) is 2.44.